The molecule has 4 aromatic heterocycles. The molecule has 1 N–H and O–H groups in total. The number of rotatable bonds is 4. The number of pyridine rings is 2. The molecule has 5 aromatic rings. The number of benzene rings is 1. The van der Waals surface area contributed by atoms with Gasteiger partial charge in [0.05, 0.1) is 11.6 Å². The molecule has 2 aliphatic heterocycles. The lowest BCUT2D eigenvalue weighted by atomic mass is 10.1. The molecule has 0 spiro atoms. The first-order chi connectivity index (χ1) is 20.1. The lowest BCUT2D eigenvalue weighted by Gasteiger charge is -2.38. The number of hydrogen-bond donors (Lipinski definition) is 1. The largest absolute Gasteiger partial charge is 0.487 e. The van der Waals surface area contributed by atoms with Crippen molar-refractivity contribution in [2.75, 3.05) is 36.5 Å². The molecule has 11 nitrogen and oxygen atoms in total. The summed E-state index contributed by atoms with van der Waals surface area (Å²) in [6, 6.07) is 11.5. The number of hydrogen-bond acceptors (Lipinski definition) is 9. The second-order valence-electron chi connectivity index (χ2n) is 9.95. The van der Waals surface area contributed by atoms with Gasteiger partial charge in [0, 0.05) is 56.0 Å². The molecule has 204 valence electrons. The maximum Gasteiger partial charge on any atom is 0.298 e. The number of amides is 1. The Morgan fingerprint density at radius 3 is 2.93 bits per heavy atom. The number of carbonyl (C=O) groups excluding carboxylic acids is 1. The molecule has 6 heterocycles. The van der Waals surface area contributed by atoms with Crippen LogP contribution in [0.2, 0.25) is 0 Å². The van der Waals surface area contributed by atoms with Gasteiger partial charge in [-0.2, -0.15) is 0 Å². The number of carbonyl (C=O) groups is 1. The van der Waals surface area contributed by atoms with Crippen molar-refractivity contribution in [3.63, 3.8) is 0 Å². The normalized spacial score (nSPS) is 15.9. The molecule has 0 saturated carbocycles. The van der Waals surface area contributed by atoms with E-state index < -0.39 is 0 Å². The van der Waals surface area contributed by atoms with Gasteiger partial charge in [-0.05, 0) is 49.6 Å². The van der Waals surface area contributed by atoms with Crippen molar-refractivity contribution < 1.29 is 14.3 Å². The standard InChI is InChI=1S/C30H26N8O3/c1-3-4-27(39)38-12-11-37-16-21(38)17-40-25-15-23-28(35-30(25)37)29(33-18-32-23)34-20-5-6-24(19(2)13-20)41-22-7-9-36-10-8-31-26(36)14-22/h5-10,13-15,18,21H,11-12,16-17H2,1-2H3,(H,32,33,34)/t21-/m0/s1. The highest BCUT2D eigenvalue weighted by Gasteiger charge is 2.35. The Morgan fingerprint density at radius 1 is 1.12 bits per heavy atom. The van der Waals surface area contributed by atoms with Gasteiger partial charge in [-0.25, -0.2) is 19.9 Å². The lowest BCUT2D eigenvalue weighted by Crippen LogP contribution is -2.56. The van der Waals surface area contributed by atoms with Gasteiger partial charge in [-0.3, -0.25) is 4.79 Å². The summed E-state index contributed by atoms with van der Waals surface area (Å²) in [6.45, 7) is 5.84. The van der Waals surface area contributed by atoms with Crippen LogP contribution in [0.5, 0.6) is 17.2 Å². The highest BCUT2D eigenvalue weighted by atomic mass is 16.5. The van der Waals surface area contributed by atoms with E-state index in [0.717, 1.165) is 28.5 Å². The van der Waals surface area contributed by atoms with Crippen molar-refractivity contribution in [2.45, 2.75) is 19.9 Å². The summed E-state index contributed by atoms with van der Waals surface area (Å²) in [7, 11) is 0. The molecular weight excluding hydrogens is 520 g/mol. The number of anilines is 3. The Kier molecular flexibility index (Phi) is 6.00. The molecule has 41 heavy (non-hydrogen) atoms. The van der Waals surface area contributed by atoms with Gasteiger partial charge in [0.1, 0.15) is 35.6 Å². The van der Waals surface area contributed by atoms with Crippen LogP contribution in [-0.2, 0) is 4.79 Å². The predicted molar refractivity (Wildman–Crippen MR) is 154 cm³/mol. The summed E-state index contributed by atoms with van der Waals surface area (Å²) in [5, 5.41) is 3.40. The second kappa shape index (κ2) is 9.98. The van der Waals surface area contributed by atoms with Crippen LogP contribution < -0.4 is 19.7 Å². The third kappa shape index (κ3) is 4.59. The van der Waals surface area contributed by atoms with Crippen molar-refractivity contribution in [1.29, 1.82) is 0 Å². The zero-order chi connectivity index (χ0) is 27.9. The van der Waals surface area contributed by atoms with E-state index in [1.54, 1.807) is 18.0 Å². The Hall–Kier alpha value is -5.37. The van der Waals surface area contributed by atoms with Gasteiger partial charge >= 0.3 is 0 Å². The monoisotopic (exact) mass is 546 g/mol. The minimum Gasteiger partial charge on any atom is -0.487 e. The number of nitrogens with one attached hydrogen (secondary N) is 1. The summed E-state index contributed by atoms with van der Waals surface area (Å²) < 4.78 is 14.2. The maximum atomic E-state index is 12.5. The minimum atomic E-state index is -0.173. The molecule has 0 radical (unpaired) electrons. The molecule has 1 atom stereocenters. The second-order valence-corrected chi connectivity index (χ2v) is 9.95. The smallest absolute Gasteiger partial charge is 0.298 e. The molecule has 1 amide bonds. The van der Waals surface area contributed by atoms with E-state index in [0.29, 0.717) is 54.6 Å². The van der Waals surface area contributed by atoms with Gasteiger partial charge < -0.3 is 29.0 Å². The highest BCUT2D eigenvalue weighted by Crippen LogP contribution is 2.36. The first-order valence-corrected chi connectivity index (χ1v) is 13.3. The molecule has 2 aliphatic rings. The van der Waals surface area contributed by atoms with Crippen LogP contribution in [-0.4, -0.2) is 67.4 Å². The van der Waals surface area contributed by atoms with Gasteiger partial charge in [-0.1, -0.05) is 5.92 Å². The summed E-state index contributed by atoms with van der Waals surface area (Å²) in [4.78, 5) is 34.7. The molecule has 7 rings (SSSR count). The molecule has 1 saturated heterocycles. The minimum absolute atomic E-state index is 0.108. The molecule has 11 heteroatoms. The first-order valence-electron chi connectivity index (χ1n) is 13.3. The third-order valence-electron chi connectivity index (χ3n) is 7.30. The van der Waals surface area contributed by atoms with Crippen LogP contribution in [0.3, 0.4) is 0 Å². The van der Waals surface area contributed by atoms with E-state index in [9.17, 15) is 4.79 Å². The fourth-order valence-electron chi connectivity index (χ4n) is 5.26. The Morgan fingerprint density at radius 2 is 2.05 bits per heavy atom. The quantitative estimate of drug-likeness (QED) is 0.335. The van der Waals surface area contributed by atoms with E-state index in [-0.39, 0.29) is 11.9 Å². The van der Waals surface area contributed by atoms with Crippen molar-refractivity contribution in [3.8, 4) is 29.1 Å². The van der Waals surface area contributed by atoms with Crippen LogP contribution in [0.15, 0.2) is 61.3 Å². The van der Waals surface area contributed by atoms with Crippen LogP contribution in [0, 0.1) is 18.8 Å². The lowest BCUT2D eigenvalue weighted by molar-refractivity contribution is -0.128. The first kappa shape index (κ1) is 24.7. The zero-order valence-electron chi connectivity index (χ0n) is 22.5. The number of piperazine rings is 1. The molecule has 1 fully saturated rings. The van der Waals surface area contributed by atoms with Crippen molar-refractivity contribution in [1.82, 2.24) is 29.2 Å². The fourth-order valence-corrected chi connectivity index (χ4v) is 5.26. The van der Waals surface area contributed by atoms with Crippen LogP contribution in [0.25, 0.3) is 16.7 Å². The van der Waals surface area contributed by atoms with Crippen molar-refractivity contribution in [2.24, 2.45) is 0 Å². The summed E-state index contributed by atoms with van der Waals surface area (Å²) in [5.74, 6) is 8.60. The third-order valence-corrected chi connectivity index (χ3v) is 7.30. The molecule has 0 unspecified atom stereocenters. The maximum absolute atomic E-state index is 12.5. The van der Waals surface area contributed by atoms with E-state index in [4.69, 9.17) is 14.5 Å². The van der Waals surface area contributed by atoms with Gasteiger partial charge in [0.15, 0.2) is 17.4 Å². The van der Waals surface area contributed by atoms with Crippen molar-refractivity contribution in [3.05, 3.63) is 66.9 Å². The molecular formula is C30H26N8O3. The van der Waals surface area contributed by atoms with Crippen LogP contribution in [0.4, 0.5) is 17.3 Å². The SMILES string of the molecule is CC#CC(=O)N1CCN2C[C@H]1COc1cc3ncnc(Nc4ccc(Oc5ccn6ccnc6c5)c(C)c4)c3nc12. The number of aromatic nitrogens is 5. The zero-order valence-corrected chi connectivity index (χ0v) is 22.5. The molecule has 0 aliphatic carbocycles. The summed E-state index contributed by atoms with van der Waals surface area (Å²) in [6.07, 6.45) is 7.07. The number of nitrogens with zero attached hydrogens (tertiary/aromatic N) is 7. The van der Waals surface area contributed by atoms with E-state index >= 15 is 0 Å². The number of fused-ring (bicyclic) bond motifs is 6. The number of ether oxygens (including phenoxy) is 2. The Labute approximate surface area is 235 Å². The van der Waals surface area contributed by atoms with Gasteiger partial charge in [0.25, 0.3) is 5.91 Å². The topological polar surface area (TPSA) is 110 Å². The average Bonchev–Trinajstić information content (AvgIpc) is 3.40. The average molecular weight is 547 g/mol. The van der Waals surface area contributed by atoms with Crippen LogP contribution >= 0.6 is 0 Å². The van der Waals surface area contributed by atoms with Crippen molar-refractivity contribution >= 4 is 39.9 Å². The summed E-state index contributed by atoms with van der Waals surface area (Å²) >= 11 is 0. The Balaban J connectivity index is 1.14. The van der Waals surface area contributed by atoms with E-state index in [2.05, 4.69) is 37.0 Å². The predicted octanol–water partition coefficient (Wildman–Crippen LogP) is 3.95. The van der Waals surface area contributed by atoms with Gasteiger partial charge in [-0.15, -0.1) is 0 Å². The van der Waals surface area contributed by atoms with E-state index in [1.165, 1.54) is 6.33 Å². The Bertz CT molecular complexity index is 1870. The molecule has 1 aromatic carbocycles. The highest BCUT2D eigenvalue weighted by molar-refractivity contribution is 5.94. The van der Waals surface area contributed by atoms with Gasteiger partial charge in [0.2, 0.25) is 0 Å². The summed E-state index contributed by atoms with van der Waals surface area (Å²) in [5.41, 5.74) is 3.92. The van der Waals surface area contributed by atoms with Crippen LogP contribution in [0.1, 0.15) is 12.5 Å². The number of aryl methyl sites for hydroxylation is 1. The number of imidazole rings is 1. The van der Waals surface area contributed by atoms with E-state index in [1.807, 2.05) is 60.1 Å². The molecule has 2 bridgehead atoms. The fraction of sp³-hybridized carbons (Fsp3) is 0.233.